The lowest BCUT2D eigenvalue weighted by molar-refractivity contribution is -0.274. The second kappa shape index (κ2) is 8.51. The molecule has 29 heavy (non-hydrogen) atoms. The van der Waals surface area contributed by atoms with E-state index in [1.54, 1.807) is 17.0 Å². The highest BCUT2D eigenvalue weighted by Gasteiger charge is 2.31. The van der Waals surface area contributed by atoms with Crippen LogP contribution in [-0.2, 0) is 0 Å². The molecule has 1 fully saturated rings. The highest BCUT2D eigenvalue weighted by Crippen LogP contribution is 2.24. The number of halogens is 5. The number of hydrogen-bond acceptors (Lipinski definition) is 3. The Bertz CT molecular complexity index is 912. The van der Waals surface area contributed by atoms with Gasteiger partial charge in [0.1, 0.15) is 5.75 Å². The van der Waals surface area contributed by atoms with Crippen molar-refractivity contribution >= 4 is 35.0 Å². The molecule has 154 valence electrons. The fourth-order valence-electron chi connectivity index (χ4n) is 2.93. The molecule has 0 aromatic heterocycles. The minimum Gasteiger partial charge on any atom is -0.406 e. The Hall–Kier alpha value is -2.45. The molecule has 3 rings (SSSR count). The van der Waals surface area contributed by atoms with Gasteiger partial charge in [-0.05, 0) is 42.5 Å². The first-order valence-corrected chi connectivity index (χ1v) is 9.29. The summed E-state index contributed by atoms with van der Waals surface area (Å²) in [4.78, 5) is 28.3. The van der Waals surface area contributed by atoms with Crippen molar-refractivity contribution in [3.05, 3.63) is 63.6 Å². The molecule has 0 saturated carbocycles. The van der Waals surface area contributed by atoms with Gasteiger partial charge in [-0.3, -0.25) is 9.59 Å². The zero-order chi connectivity index (χ0) is 21.2. The fourth-order valence-corrected chi connectivity index (χ4v) is 3.42. The van der Waals surface area contributed by atoms with E-state index in [2.05, 4.69) is 4.74 Å². The molecule has 2 aromatic rings. The van der Waals surface area contributed by atoms with Gasteiger partial charge in [-0.15, -0.1) is 13.2 Å². The molecule has 0 atom stereocenters. The van der Waals surface area contributed by atoms with E-state index in [4.69, 9.17) is 23.2 Å². The van der Waals surface area contributed by atoms with Gasteiger partial charge in [0.15, 0.2) is 0 Å². The van der Waals surface area contributed by atoms with Crippen molar-refractivity contribution in [2.24, 2.45) is 0 Å². The standard InChI is InChI=1S/C19H15Cl2F3N2O3/c20-13-3-6-15(16(21)11-13)18(28)26-9-7-25(8-10-26)17(27)12-1-4-14(5-2-12)29-19(22,23)24/h1-6,11H,7-10H2. The Morgan fingerprint density at radius 2 is 1.41 bits per heavy atom. The number of ether oxygens (including phenoxy) is 1. The molecule has 0 N–H and O–H groups in total. The zero-order valence-electron chi connectivity index (χ0n) is 14.9. The first kappa shape index (κ1) is 21.3. The van der Waals surface area contributed by atoms with Crippen LogP contribution in [0.2, 0.25) is 10.0 Å². The van der Waals surface area contributed by atoms with Gasteiger partial charge in [0.25, 0.3) is 11.8 Å². The lowest BCUT2D eigenvalue weighted by Gasteiger charge is -2.35. The molecule has 0 unspecified atom stereocenters. The molecular formula is C19H15Cl2F3N2O3. The van der Waals surface area contributed by atoms with Crippen LogP contribution in [0.15, 0.2) is 42.5 Å². The molecule has 0 radical (unpaired) electrons. The van der Waals surface area contributed by atoms with E-state index in [0.717, 1.165) is 12.1 Å². The van der Waals surface area contributed by atoms with Gasteiger partial charge in [0.05, 0.1) is 10.6 Å². The maximum Gasteiger partial charge on any atom is 0.573 e. The van der Waals surface area contributed by atoms with E-state index in [9.17, 15) is 22.8 Å². The Morgan fingerprint density at radius 1 is 0.862 bits per heavy atom. The average Bonchev–Trinajstić information content (AvgIpc) is 2.66. The number of amides is 2. The maximum absolute atomic E-state index is 12.6. The predicted octanol–water partition coefficient (Wildman–Crippen LogP) is 4.49. The summed E-state index contributed by atoms with van der Waals surface area (Å²) >= 11 is 11.9. The van der Waals surface area contributed by atoms with Crippen LogP contribution < -0.4 is 4.74 Å². The summed E-state index contributed by atoms with van der Waals surface area (Å²) in [6.45, 7) is 1.19. The number of hydrogen-bond donors (Lipinski definition) is 0. The summed E-state index contributed by atoms with van der Waals surface area (Å²) in [6, 6.07) is 9.33. The Labute approximate surface area is 174 Å². The molecule has 0 spiro atoms. The van der Waals surface area contributed by atoms with Crippen molar-refractivity contribution in [2.45, 2.75) is 6.36 Å². The first-order valence-electron chi connectivity index (χ1n) is 8.53. The van der Waals surface area contributed by atoms with Crippen molar-refractivity contribution in [1.29, 1.82) is 0 Å². The third-order valence-corrected chi connectivity index (χ3v) is 4.90. The highest BCUT2D eigenvalue weighted by molar-refractivity contribution is 6.36. The lowest BCUT2D eigenvalue weighted by atomic mass is 10.1. The number of nitrogens with zero attached hydrogens (tertiary/aromatic N) is 2. The van der Waals surface area contributed by atoms with Gasteiger partial charge in [0, 0.05) is 36.8 Å². The van der Waals surface area contributed by atoms with Crippen molar-refractivity contribution in [2.75, 3.05) is 26.2 Å². The van der Waals surface area contributed by atoms with Crippen LogP contribution in [0.5, 0.6) is 5.75 Å². The number of rotatable bonds is 3. The van der Waals surface area contributed by atoms with E-state index >= 15 is 0 Å². The second-order valence-electron chi connectivity index (χ2n) is 6.28. The quantitative estimate of drug-likeness (QED) is 0.697. The normalized spacial score (nSPS) is 14.7. The number of benzene rings is 2. The fraction of sp³-hybridized carbons (Fsp3) is 0.263. The van der Waals surface area contributed by atoms with Crippen molar-refractivity contribution in [3.63, 3.8) is 0 Å². The minimum atomic E-state index is -4.79. The van der Waals surface area contributed by atoms with Crippen LogP contribution >= 0.6 is 23.2 Å². The van der Waals surface area contributed by atoms with Crippen LogP contribution in [0.4, 0.5) is 13.2 Å². The van der Waals surface area contributed by atoms with E-state index < -0.39 is 12.1 Å². The lowest BCUT2D eigenvalue weighted by Crippen LogP contribution is -2.50. The molecule has 0 aliphatic carbocycles. The summed E-state index contributed by atoms with van der Waals surface area (Å²) in [7, 11) is 0. The molecule has 10 heteroatoms. The third-order valence-electron chi connectivity index (χ3n) is 4.35. The number of carbonyl (C=O) groups is 2. The minimum absolute atomic E-state index is 0.236. The van der Waals surface area contributed by atoms with Crippen molar-refractivity contribution < 1.29 is 27.5 Å². The summed E-state index contributed by atoms with van der Waals surface area (Å²) in [5.41, 5.74) is 0.566. The summed E-state index contributed by atoms with van der Waals surface area (Å²) in [6.07, 6.45) is -4.79. The largest absolute Gasteiger partial charge is 0.573 e. The number of piperazine rings is 1. The van der Waals surface area contributed by atoms with Crippen LogP contribution in [0, 0.1) is 0 Å². The van der Waals surface area contributed by atoms with E-state index in [-0.39, 0.29) is 35.5 Å². The molecule has 5 nitrogen and oxygen atoms in total. The third kappa shape index (κ3) is 5.33. The summed E-state index contributed by atoms with van der Waals surface area (Å²) < 4.78 is 40.4. The molecule has 1 heterocycles. The van der Waals surface area contributed by atoms with E-state index in [1.165, 1.54) is 23.1 Å². The monoisotopic (exact) mass is 446 g/mol. The molecule has 1 aliphatic rings. The summed E-state index contributed by atoms with van der Waals surface area (Å²) in [5, 5.41) is 0.677. The Morgan fingerprint density at radius 3 is 1.93 bits per heavy atom. The summed E-state index contributed by atoms with van der Waals surface area (Å²) in [5.74, 6) is -0.989. The van der Waals surface area contributed by atoms with Gasteiger partial charge < -0.3 is 14.5 Å². The molecule has 1 aliphatic heterocycles. The van der Waals surface area contributed by atoms with Gasteiger partial charge in [-0.25, -0.2) is 0 Å². The SMILES string of the molecule is O=C(c1ccc(OC(F)(F)F)cc1)N1CCN(C(=O)c2ccc(Cl)cc2Cl)CC1. The van der Waals surface area contributed by atoms with Crippen LogP contribution in [0.3, 0.4) is 0 Å². The smallest absolute Gasteiger partial charge is 0.406 e. The molecule has 2 amide bonds. The zero-order valence-corrected chi connectivity index (χ0v) is 16.4. The van der Waals surface area contributed by atoms with E-state index in [0.29, 0.717) is 23.7 Å². The molecular weight excluding hydrogens is 432 g/mol. The Kier molecular flexibility index (Phi) is 6.24. The van der Waals surface area contributed by atoms with Gasteiger partial charge in [0.2, 0.25) is 0 Å². The topological polar surface area (TPSA) is 49.9 Å². The maximum atomic E-state index is 12.6. The molecule has 1 saturated heterocycles. The van der Waals surface area contributed by atoms with Gasteiger partial charge in [-0.2, -0.15) is 0 Å². The predicted molar refractivity (Wildman–Crippen MR) is 101 cm³/mol. The van der Waals surface area contributed by atoms with Crippen LogP contribution in [-0.4, -0.2) is 54.2 Å². The van der Waals surface area contributed by atoms with E-state index in [1.807, 2.05) is 0 Å². The molecule has 2 aromatic carbocycles. The van der Waals surface area contributed by atoms with Gasteiger partial charge >= 0.3 is 6.36 Å². The molecule has 0 bridgehead atoms. The van der Waals surface area contributed by atoms with Crippen molar-refractivity contribution in [1.82, 2.24) is 9.80 Å². The first-order chi connectivity index (χ1) is 13.6. The Balaban J connectivity index is 1.60. The number of carbonyl (C=O) groups excluding carboxylic acids is 2. The van der Waals surface area contributed by atoms with Crippen LogP contribution in [0.25, 0.3) is 0 Å². The average molecular weight is 447 g/mol. The van der Waals surface area contributed by atoms with Crippen molar-refractivity contribution in [3.8, 4) is 5.75 Å². The highest BCUT2D eigenvalue weighted by atomic mass is 35.5. The van der Waals surface area contributed by atoms with Gasteiger partial charge in [-0.1, -0.05) is 23.2 Å². The van der Waals surface area contributed by atoms with Crippen LogP contribution in [0.1, 0.15) is 20.7 Å². The number of alkyl halides is 3. The second-order valence-corrected chi connectivity index (χ2v) is 7.12.